The Kier molecular flexibility index (Phi) is 2.95. The van der Waals surface area contributed by atoms with E-state index in [1.165, 1.54) is 0 Å². The maximum atomic E-state index is 9.32. The van der Waals surface area contributed by atoms with Gasteiger partial charge in [-0.2, -0.15) is 0 Å². The average molecular weight is 132 g/mol. The fourth-order valence-corrected chi connectivity index (χ4v) is 0.142. The second-order valence-corrected chi connectivity index (χ2v) is 0.860. The Hall–Kier alpha value is -1.47. The zero-order valence-electron chi connectivity index (χ0n) is 4.04. The summed E-state index contributed by atoms with van der Waals surface area (Å²) in [4.78, 5) is 11.4. The first-order valence-electron chi connectivity index (χ1n) is 1.70. The van der Waals surface area contributed by atoms with Crippen LogP contribution in [0.2, 0.25) is 0 Å². The molecule has 0 spiro atoms. The van der Waals surface area contributed by atoms with Crippen LogP contribution in [0.25, 0.3) is 10.4 Å². The van der Waals surface area contributed by atoms with Gasteiger partial charge in [-0.1, -0.05) is 5.03 Å². The minimum Gasteiger partial charge on any atom is -0.426 e. The Balaban J connectivity index is 3.62. The first-order chi connectivity index (χ1) is 4.16. The lowest BCUT2D eigenvalue weighted by molar-refractivity contribution is -0.721. The Morgan fingerprint density at radius 3 is 2.89 bits per heavy atom. The third-order valence-electron chi connectivity index (χ3n) is 0.331. The van der Waals surface area contributed by atoms with Crippen molar-refractivity contribution in [2.24, 2.45) is 5.03 Å². The lowest BCUT2D eigenvalue weighted by Crippen LogP contribution is -2.18. The molecule has 0 aromatic heterocycles. The Labute approximate surface area is 48.9 Å². The Morgan fingerprint density at radius 2 is 2.56 bits per heavy atom. The lowest BCUT2D eigenvalue weighted by Gasteiger charge is -1.91. The van der Waals surface area contributed by atoms with E-state index in [-0.39, 0.29) is 0 Å². The summed E-state index contributed by atoms with van der Waals surface area (Å²) >= 11 is 0. The van der Waals surface area contributed by atoms with Crippen LogP contribution in [0.1, 0.15) is 0 Å². The largest absolute Gasteiger partial charge is 0.589 e. The van der Waals surface area contributed by atoms with Gasteiger partial charge in [0.05, 0.1) is 0 Å². The summed E-state index contributed by atoms with van der Waals surface area (Å²) in [5.74, 6) is 0. The quantitative estimate of drug-likeness (QED) is 0.138. The van der Waals surface area contributed by atoms with Crippen LogP contribution in [-0.2, 0) is 4.76 Å². The van der Waals surface area contributed by atoms with Crippen LogP contribution < -0.4 is 0 Å². The van der Waals surface area contributed by atoms with Crippen LogP contribution in [0.4, 0.5) is 0 Å². The molecule has 0 amide bonds. The maximum Gasteiger partial charge on any atom is 0.589 e. The zero-order chi connectivity index (χ0) is 7.28. The Morgan fingerprint density at radius 1 is 2.00 bits per heavy atom. The van der Waals surface area contributed by atoms with E-state index in [9.17, 15) is 10.1 Å². The molecule has 9 heavy (non-hydrogen) atoms. The molecule has 0 saturated carbocycles. The highest BCUT2D eigenvalue weighted by atomic mass is 16.9. The summed E-state index contributed by atoms with van der Waals surface area (Å²) in [6.07, 6.45) is 0. The highest BCUT2D eigenvalue weighted by Gasteiger charge is 2.13. The molecule has 0 radical (unpaired) electrons. The number of nitrogens with zero attached hydrogens (tertiary/aromatic N) is 4. The molecule has 1 N–H and O–H groups in total. The van der Waals surface area contributed by atoms with Gasteiger partial charge in [0.2, 0.25) is 0 Å². The predicted octanol–water partition coefficient (Wildman–Crippen LogP) is -0.518. The molecular weight excluding hydrogens is 131 g/mol. The predicted molar refractivity (Wildman–Crippen MR) is 25.2 cm³/mol. The van der Waals surface area contributed by atoms with Gasteiger partial charge < -0.3 is 9.78 Å². The third kappa shape index (κ3) is 4.39. The standard InChI is InChI=1S/BHN4O4/c2-4-3-1(6)9-5(7)8/h6H. The summed E-state index contributed by atoms with van der Waals surface area (Å²) in [6.45, 7) is 0. The van der Waals surface area contributed by atoms with Crippen molar-refractivity contribution in [3.63, 3.8) is 0 Å². The van der Waals surface area contributed by atoms with Crippen LogP contribution in [0.15, 0.2) is 5.03 Å². The van der Waals surface area contributed by atoms with Gasteiger partial charge >= 0.3 is 7.25 Å². The molecule has 48 valence electrons. The van der Waals surface area contributed by atoms with Crippen molar-refractivity contribution >= 4 is 7.25 Å². The van der Waals surface area contributed by atoms with Crippen LogP contribution in [0.5, 0.6) is 0 Å². The fraction of sp³-hybridized carbons (Fsp3) is 0. The molecule has 0 fully saturated rings. The van der Waals surface area contributed by atoms with Gasteiger partial charge in [-0.3, -0.25) is 0 Å². The van der Waals surface area contributed by atoms with E-state index in [1.807, 2.05) is 4.91 Å². The summed E-state index contributed by atoms with van der Waals surface area (Å²) in [6, 6.07) is 0. The van der Waals surface area contributed by atoms with E-state index < -0.39 is 12.3 Å². The van der Waals surface area contributed by atoms with Crippen molar-refractivity contribution in [2.75, 3.05) is 0 Å². The average Bonchev–Trinajstić information content (AvgIpc) is 1.63. The van der Waals surface area contributed by atoms with Gasteiger partial charge in [-0.25, -0.2) is 0 Å². The topological polar surface area (TPSA) is 121 Å². The van der Waals surface area contributed by atoms with Gasteiger partial charge in [0, 0.05) is 0 Å². The monoisotopic (exact) mass is 132 g/mol. The molecule has 0 saturated heterocycles. The number of rotatable bonds is 3. The summed E-state index contributed by atoms with van der Waals surface area (Å²) in [5, 5.41) is 18.6. The molecule has 0 aliphatic carbocycles. The summed E-state index contributed by atoms with van der Waals surface area (Å²) < 4.78 is 3.35. The molecule has 8 nitrogen and oxygen atoms in total. The highest BCUT2D eigenvalue weighted by molar-refractivity contribution is 6.39. The van der Waals surface area contributed by atoms with E-state index >= 15 is 0 Å². The molecule has 0 aromatic carbocycles. The summed E-state index contributed by atoms with van der Waals surface area (Å²) in [7, 11) is -2.05. The van der Waals surface area contributed by atoms with Gasteiger partial charge in [-0.05, 0) is 10.4 Å². The van der Waals surface area contributed by atoms with Crippen molar-refractivity contribution in [3.05, 3.63) is 20.6 Å². The van der Waals surface area contributed by atoms with E-state index in [0.29, 0.717) is 0 Å². The van der Waals surface area contributed by atoms with Crippen LogP contribution >= 0.6 is 0 Å². The summed E-state index contributed by atoms with van der Waals surface area (Å²) in [5.41, 5.74) is 7.55. The van der Waals surface area contributed by atoms with Crippen LogP contribution in [-0.4, -0.2) is 17.4 Å². The number of hydrogen-bond acceptors (Lipinski definition) is 5. The highest BCUT2D eigenvalue weighted by Crippen LogP contribution is 1.82. The van der Waals surface area contributed by atoms with Crippen molar-refractivity contribution in [2.45, 2.75) is 0 Å². The molecular formula is HBN4O4. The van der Waals surface area contributed by atoms with Gasteiger partial charge in [-0.15, -0.1) is 10.1 Å². The zero-order valence-corrected chi connectivity index (χ0v) is 4.04. The second-order valence-electron chi connectivity index (χ2n) is 0.860. The smallest absolute Gasteiger partial charge is 0.426 e. The minimum absolute atomic E-state index is 1.26. The molecule has 0 aliphatic rings. The van der Waals surface area contributed by atoms with E-state index in [0.717, 1.165) is 0 Å². The molecule has 0 bridgehead atoms. The van der Waals surface area contributed by atoms with Crippen molar-refractivity contribution in [1.29, 1.82) is 0 Å². The lowest BCUT2D eigenvalue weighted by atomic mass is 10.2. The number of azide groups is 1. The van der Waals surface area contributed by atoms with Crippen molar-refractivity contribution < 1.29 is 14.9 Å². The van der Waals surface area contributed by atoms with Gasteiger partial charge in [0.25, 0.3) is 5.09 Å². The first kappa shape index (κ1) is 7.53. The third-order valence-corrected chi connectivity index (χ3v) is 0.331. The molecule has 0 unspecified atom stereocenters. The maximum absolute atomic E-state index is 9.32. The SMILES string of the molecule is [N-]=[N+]=NB(O)O[N+](=O)[O-]. The molecule has 0 aliphatic heterocycles. The molecule has 0 rings (SSSR count). The first-order valence-corrected chi connectivity index (χ1v) is 1.70. The van der Waals surface area contributed by atoms with Crippen molar-refractivity contribution in [1.82, 2.24) is 0 Å². The molecule has 0 atom stereocenters. The van der Waals surface area contributed by atoms with Gasteiger partial charge in [0.1, 0.15) is 0 Å². The minimum atomic E-state index is -2.05. The Bertz CT molecular complexity index is 149. The van der Waals surface area contributed by atoms with Gasteiger partial charge in [0.15, 0.2) is 0 Å². The van der Waals surface area contributed by atoms with E-state index in [1.54, 1.807) is 0 Å². The second kappa shape index (κ2) is 3.53. The fourth-order valence-electron chi connectivity index (χ4n) is 0.142. The van der Waals surface area contributed by atoms with E-state index in [2.05, 4.69) is 9.78 Å². The number of hydrogen-bond donors (Lipinski definition) is 1. The molecule has 0 heterocycles. The van der Waals surface area contributed by atoms with E-state index in [4.69, 9.17) is 10.6 Å². The normalized spacial score (nSPS) is 7.22. The molecule has 9 heteroatoms. The van der Waals surface area contributed by atoms with Crippen LogP contribution in [0, 0.1) is 10.1 Å². The van der Waals surface area contributed by atoms with Crippen LogP contribution in [0.3, 0.4) is 0 Å². The molecule has 0 aromatic rings. The van der Waals surface area contributed by atoms with Crippen molar-refractivity contribution in [3.8, 4) is 0 Å².